The largest absolute Gasteiger partial charge is 0.355 e. The monoisotopic (exact) mass is 378 g/mol. The molecule has 2 aromatic heterocycles. The van der Waals surface area contributed by atoms with Gasteiger partial charge in [0.05, 0.1) is 16.6 Å². The maximum absolute atomic E-state index is 12.5. The van der Waals surface area contributed by atoms with E-state index in [1.807, 2.05) is 30.3 Å². The van der Waals surface area contributed by atoms with E-state index in [0.717, 1.165) is 36.7 Å². The van der Waals surface area contributed by atoms with Crippen LogP contribution in [0.1, 0.15) is 26.5 Å². The molecule has 1 fully saturated rings. The lowest BCUT2D eigenvalue weighted by molar-refractivity contribution is 0.423. The number of nitrogens with zero attached hydrogens (tertiary/aromatic N) is 5. The van der Waals surface area contributed by atoms with E-state index < -0.39 is 0 Å². The maximum Gasteiger partial charge on any atom is 0.262 e. The number of rotatable bonds is 4. The summed E-state index contributed by atoms with van der Waals surface area (Å²) in [5.41, 5.74) is 1.70. The summed E-state index contributed by atoms with van der Waals surface area (Å²) in [6.45, 7) is 9.00. The molecule has 0 spiro atoms. The SMILES string of the molecule is Cn1c(NCC2CN(c3ccc(C(C)(C)C)nn3)C2)nc2ccccc2c1=O. The lowest BCUT2D eigenvalue weighted by Gasteiger charge is -2.40. The van der Waals surface area contributed by atoms with Crippen molar-refractivity contribution in [3.8, 4) is 0 Å². The zero-order valence-corrected chi connectivity index (χ0v) is 16.8. The van der Waals surface area contributed by atoms with Crippen LogP contribution in [0.3, 0.4) is 0 Å². The van der Waals surface area contributed by atoms with Gasteiger partial charge in [0, 0.05) is 38.0 Å². The van der Waals surface area contributed by atoms with Crippen LogP contribution in [0.4, 0.5) is 11.8 Å². The minimum Gasteiger partial charge on any atom is -0.355 e. The summed E-state index contributed by atoms with van der Waals surface area (Å²) in [5, 5.41) is 12.7. The van der Waals surface area contributed by atoms with Crippen molar-refractivity contribution in [1.82, 2.24) is 19.7 Å². The number of fused-ring (bicyclic) bond motifs is 1. The summed E-state index contributed by atoms with van der Waals surface area (Å²) >= 11 is 0. The minimum atomic E-state index is -0.0300. The first-order valence-electron chi connectivity index (χ1n) is 9.62. The molecule has 1 saturated heterocycles. The van der Waals surface area contributed by atoms with E-state index >= 15 is 0 Å². The molecular formula is C21H26N6O. The molecule has 0 saturated carbocycles. The molecule has 0 radical (unpaired) electrons. The number of benzene rings is 1. The highest BCUT2D eigenvalue weighted by atomic mass is 16.1. The zero-order chi connectivity index (χ0) is 19.9. The highest BCUT2D eigenvalue weighted by molar-refractivity contribution is 5.78. The van der Waals surface area contributed by atoms with Crippen LogP contribution in [0, 0.1) is 5.92 Å². The molecule has 0 atom stereocenters. The molecule has 0 amide bonds. The van der Waals surface area contributed by atoms with Gasteiger partial charge in [-0.25, -0.2) is 4.98 Å². The molecule has 146 valence electrons. The first-order valence-corrected chi connectivity index (χ1v) is 9.62. The lowest BCUT2D eigenvalue weighted by Crippen LogP contribution is -2.50. The van der Waals surface area contributed by atoms with Gasteiger partial charge in [0.25, 0.3) is 5.56 Å². The first kappa shape index (κ1) is 18.4. The Balaban J connectivity index is 1.37. The van der Waals surface area contributed by atoms with E-state index in [-0.39, 0.29) is 11.0 Å². The maximum atomic E-state index is 12.5. The molecule has 0 bridgehead atoms. The molecule has 7 heteroatoms. The molecule has 3 aromatic rings. The molecule has 0 aliphatic carbocycles. The van der Waals surface area contributed by atoms with Gasteiger partial charge < -0.3 is 10.2 Å². The molecule has 4 rings (SSSR count). The molecule has 28 heavy (non-hydrogen) atoms. The van der Waals surface area contributed by atoms with Gasteiger partial charge in [-0.3, -0.25) is 9.36 Å². The van der Waals surface area contributed by atoms with Gasteiger partial charge in [-0.05, 0) is 24.3 Å². The van der Waals surface area contributed by atoms with Gasteiger partial charge in [0.15, 0.2) is 5.82 Å². The molecule has 3 heterocycles. The predicted molar refractivity (Wildman–Crippen MR) is 112 cm³/mol. The smallest absolute Gasteiger partial charge is 0.262 e. The lowest BCUT2D eigenvalue weighted by atomic mass is 9.92. The first-order chi connectivity index (χ1) is 13.3. The van der Waals surface area contributed by atoms with Crippen molar-refractivity contribution in [2.45, 2.75) is 26.2 Å². The molecule has 1 N–H and O–H groups in total. The van der Waals surface area contributed by atoms with Crippen molar-refractivity contribution in [2.75, 3.05) is 29.9 Å². The predicted octanol–water partition coefficient (Wildman–Crippen LogP) is 2.57. The second-order valence-corrected chi connectivity index (χ2v) is 8.50. The van der Waals surface area contributed by atoms with Gasteiger partial charge in [-0.1, -0.05) is 32.9 Å². The van der Waals surface area contributed by atoms with Crippen molar-refractivity contribution >= 4 is 22.7 Å². The number of hydrogen-bond acceptors (Lipinski definition) is 6. The summed E-state index contributed by atoms with van der Waals surface area (Å²) in [4.78, 5) is 19.3. The van der Waals surface area contributed by atoms with E-state index in [9.17, 15) is 4.79 Å². The number of para-hydroxylation sites is 1. The second-order valence-electron chi connectivity index (χ2n) is 8.50. The van der Waals surface area contributed by atoms with Crippen molar-refractivity contribution in [1.29, 1.82) is 0 Å². The van der Waals surface area contributed by atoms with Gasteiger partial charge in [0.1, 0.15) is 0 Å². The Bertz CT molecular complexity index is 1050. The van der Waals surface area contributed by atoms with E-state index in [1.54, 1.807) is 11.6 Å². The van der Waals surface area contributed by atoms with E-state index in [1.165, 1.54) is 0 Å². The average molecular weight is 378 g/mol. The Labute approximate surface area is 164 Å². The molecule has 7 nitrogen and oxygen atoms in total. The summed E-state index contributed by atoms with van der Waals surface area (Å²) in [6.07, 6.45) is 0. The van der Waals surface area contributed by atoms with Gasteiger partial charge in [-0.15, -0.1) is 5.10 Å². The fourth-order valence-corrected chi connectivity index (χ4v) is 3.39. The number of aromatic nitrogens is 4. The van der Waals surface area contributed by atoms with Crippen molar-refractivity contribution in [2.24, 2.45) is 13.0 Å². The average Bonchev–Trinajstić information content (AvgIpc) is 2.64. The van der Waals surface area contributed by atoms with Gasteiger partial charge in [0.2, 0.25) is 5.95 Å². The summed E-state index contributed by atoms with van der Waals surface area (Å²) in [7, 11) is 1.75. The van der Waals surface area contributed by atoms with E-state index in [0.29, 0.717) is 17.3 Å². The van der Waals surface area contributed by atoms with Crippen LogP contribution in [0.2, 0.25) is 0 Å². The standard InChI is InChI=1S/C21H26N6O/c1-21(2,3)17-9-10-18(25-24-17)27-12-14(13-27)11-22-20-23-16-8-6-5-7-15(16)19(28)26(20)4/h5-10,14H,11-13H2,1-4H3,(H,22,23). The van der Waals surface area contributed by atoms with Crippen LogP contribution in [0.5, 0.6) is 0 Å². The fourth-order valence-electron chi connectivity index (χ4n) is 3.39. The Kier molecular flexibility index (Phi) is 4.53. The van der Waals surface area contributed by atoms with Gasteiger partial charge in [-0.2, -0.15) is 5.10 Å². The van der Waals surface area contributed by atoms with E-state index in [4.69, 9.17) is 0 Å². The highest BCUT2D eigenvalue weighted by Gasteiger charge is 2.28. The van der Waals surface area contributed by atoms with Crippen LogP contribution in [-0.4, -0.2) is 39.4 Å². The molecular weight excluding hydrogens is 352 g/mol. The highest BCUT2D eigenvalue weighted by Crippen LogP contribution is 2.25. The van der Waals surface area contributed by atoms with Crippen molar-refractivity contribution in [3.05, 3.63) is 52.4 Å². The Morgan fingerprint density at radius 1 is 1.11 bits per heavy atom. The van der Waals surface area contributed by atoms with Crippen LogP contribution in [0.15, 0.2) is 41.2 Å². The Hall–Kier alpha value is -2.96. The molecule has 0 unspecified atom stereocenters. The van der Waals surface area contributed by atoms with Crippen LogP contribution in [0.25, 0.3) is 10.9 Å². The van der Waals surface area contributed by atoms with Crippen molar-refractivity contribution < 1.29 is 0 Å². The second kappa shape index (κ2) is 6.89. The minimum absolute atomic E-state index is 0.00965. The third kappa shape index (κ3) is 3.44. The molecule has 1 aromatic carbocycles. The normalized spacial score (nSPS) is 14.9. The number of anilines is 2. The van der Waals surface area contributed by atoms with Crippen LogP contribution >= 0.6 is 0 Å². The number of nitrogens with one attached hydrogen (secondary N) is 1. The number of hydrogen-bond donors (Lipinski definition) is 1. The van der Waals surface area contributed by atoms with E-state index in [2.05, 4.69) is 52.2 Å². The van der Waals surface area contributed by atoms with Gasteiger partial charge >= 0.3 is 0 Å². The van der Waals surface area contributed by atoms with Crippen LogP contribution < -0.4 is 15.8 Å². The fraction of sp³-hybridized carbons (Fsp3) is 0.429. The molecule has 1 aliphatic rings. The Morgan fingerprint density at radius 2 is 1.86 bits per heavy atom. The van der Waals surface area contributed by atoms with Crippen LogP contribution in [-0.2, 0) is 12.5 Å². The molecule has 1 aliphatic heterocycles. The third-order valence-electron chi connectivity index (χ3n) is 5.23. The quantitative estimate of drug-likeness (QED) is 0.752. The topological polar surface area (TPSA) is 75.9 Å². The zero-order valence-electron chi connectivity index (χ0n) is 16.8. The summed E-state index contributed by atoms with van der Waals surface area (Å²) < 4.78 is 1.58. The van der Waals surface area contributed by atoms with Crippen molar-refractivity contribution in [3.63, 3.8) is 0 Å². The summed E-state index contributed by atoms with van der Waals surface area (Å²) in [5.74, 6) is 2.00. The summed E-state index contributed by atoms with van der Waals surface area (Å²) in [6, 6.07) is 11.5. The Morgan fingerprint density at radius 3 is 2.54 bits per heavy atom. The third-order valence-corrected chi connectivity index (χ3v) is 5.23.